The average molecular weight is 301 g/mol. The summed E-state index contributed by atoms with van der Waals surface area (Å²) < 4.78 is 10.4. The highest BCUT2D eigenvalue weighted by Crippen LogP contribution is 2.28. The van der Waals surface area contributed by atoms with Crippen molar-refractivity contribution in [1.82, 2.24) is 0 Å². The number of anilines is 1. The van der Waals surface area contributed by atoms with E-state index in [9.17, 15) is 0 Å². The zero-order chi connectivity index (χ0) is 15.1. The third kappa shape index (κ3) is 4.63. The van der Waals surface area contributed by atoms with Gasteiger partial charge in [-0.15, -0.1) is 0 Å². The first-order chi connectivity index (χ1) is 9.51. The summed E-state index contributed by atoms with van der Waals surface area (Å²) in [5, 5.41) is 0.699. The van der Waals surface area contributed by atoms with E-state index in [1.807, 2.05) is 25.1 Å². The fourth-order valence-electron chi connectivity index (χ4n) is 2.19. The van der Waals surface area contributed by atoms with E-state index < -0.39 is 0 Å². The molecule has 0 spiro atoms. The van der Waals surface area contributed by atoms with Crippen molar-refractivity contribution in [3.05, 3.63) is 28.8 Å². The molecule has 0 aromatic heterocycles. The Morgan fingerprint density at radius 3 is 2.45 bits per heavy atom. The van der Waals surface area contributed by atoms with Gasteiger partial charge in [-0.1, -0.05) is 17.7 Å². The van der Waals surface area contributed by atoms with Crippen LogP contribution in [0.2, 0.25) is 5.02 Å². The molecule has 0 radical (unpaired) electrons. The van der Waals surface area contributed by atoms with Crippen molar-refractivity contribution >= 4 is 17.3 Å². The Morgan fingerprint density at radius 2 is 1.95 bits per heavy atom. The minimum atomic E-state index is -0.0691. The molecule has 2 unspecified atom stereocenters. The Labute approximate surface area is 126 Å². The number of halogens is 1. The minimum Gasteiger partial charge on any atom is -0.383 e. The Kier molecular flexibility index (Phi) is 7.30. The van der Waals surface area contributed by atoms with E-state index in [1.165, 1.54) is 0 Å². The number of hydrogen-bond acceptors (Lipinski definition) is 4. The maximum atomic E-state index is 6.32. The summed E-state index contributed by atoms with van der Waals surface area (Å²) in [5.74, 6) is 0. The molecule has 1 aromatic carbocycles. The van der Waals surface area contributed by atoms with Crippen LogP contribution in [0.4, 0.5) is 5.69 Å². The molecule has 2 atom stereocenters. The zero-order valence-electron chi connectivity index (χ0n) is 12.7. The van der Waals surface area contributed by atoms with Crippen LogP contribution in [0, 0.1) is 0 Å². The summed E-state index contributed by atoms with van der Waals surface area (Å²) in [4.78, 5) is 2.23. The number of ether oxygens (including phenoxy) is 2. The van der Waals surface area contributed by atoms with Gasteiger partial charge in [0.25, 0.3) is 0 Å². The highest BCUT2D eigenvalue weighted by molar-refractivity contribution is 6.31. The molecule has 1 rings (SSSR count). The molecular formula is C15H25ClN2O2. The van der Waals surface area contributed by atoms with E-state index in [-0.39, 0.29) is 12.1 Å². The van der Waals surface area contributed by atoms with Gasteiger partial charge in [0.2, 0.25) is 0 Å². The van der Waals surface area contributed by atoms with Gasteiger partial charge in [-0.2, -0.15) is 0 Å². The number of methoxy groups -OCH3 is 2. The van der Waals surface area contributed by atoms with Crippen LogP contribution in [0.5, 0.6) is 0 Å². The van der Waals surface area contributed by atoms with Gasteiger partial charge < -0.3 is 20.1 Å². The maximum Gasteiger partial charge on any atom is 0.0663 e. The van der Waals surface area contributed by atoms with Gasteiger partial charge in [-0.05, 0) is 31.5 Å². The van der Waals surface area contributed by atoms with Crippen molar-refractivity contribution < 1.29 is 9.47 Å². The maximum absolute atomic E-state index is 6.32. The van der Waals surface area contributed by atoms with Crippen LogP contribution in [-0.4, -0.2) is 40.0 Å². The molecule has 0 saturated carbocycles. The average Bonchev–Trinajstić information content (AvgIpc) is 2.39. The lowest BCUT2D eigenvalue weighted by atomic mass is 10.1. The molecule has 1 aromatic rings. The lowest BCUT2D eigenvalue weighted by Gasteiger charge is -2.31. The molecule has 0 bridgehead atoms. The van der Waals surface area contributed by atoms with Gasteiger partial charge in [-0.25, -0.2) is 0 Å². The van der Waals surface area contributed by atoms with Crippen molar-refractivity contribution in [3.8, 4) is 0 Å². The summed E-state index contributed by atoms with van der Waals surface area (Å²) in [5.41, 5.74) is 7.91. The molecule has 20 heavy (non-hydrogen) atoms. The van der Waals surface area contributed by atoms with Crippen LogP contribution in [0.15, 0.2) is 18.2 Å². The van der Waals surface area contributed by atoms with Gasteiger partial charge in [0.15, 0.2) is 0 Å². The molecule has 0 heterocycles. The van der Waals surface area contributed by atoms with Crippen molar-refractivity contribution in [2.45, 2.75) is 25.9 Å². The minimum absolute atomic E-state index is 0.0691. The van der Waals surface area contributed by atoms with E-state index in [0.717, 1.165) is 17.8 Å². The van der Waals surface area contributed by atoms with Crippen molar-refractivity contribution in [3.63, 3.8) is 0 Å². The number of nitrogens with two attached hydrogens (primary N) is 1. The summed E-state index contributed by atoms with van der Waals surface area (Å²) in [6, 6.07) is 6.17. The predicted molar refractivity (Wildman–Crippen MR) is 84.6 cm³/mol. The van der Waals surface area contributed by atoms with Crippen molar-refractivity contribution in [2.24, 2.45) is 5.73 Å². The normalized spacial score (nSPS) is 14.1. The van der Waals surface area contributed by atoms with E-state index in [0.29, 0.717) is 18.2 Å². The van der Waals surface area contributed by atoms with Gasteiger partial charge in [0.05, 0.1) is 13.2 Å². The third-order valence-corrected chi connectivity index (χ3v) is 3.61. The summed E-state index contributed by atoms with van der Waals surface area (Å²) in [6.07, 6.45) is 0. The summed E-state index contributed by atoms with van der Waals surface area (Å²) >= 11 is 6.32. The van der Waals surface area contributed by atoms with Gasteiger partial charge in [0.1, 0.15) is 0 Å². The van der Waals surface area contributed by atoms with Crippen LogP contribution in [-0.2, 0) is 9.47 Å². The Bertz CT molecular complexity index is 413. The van der Waals surface area contributed by atoms with E-state index in [4.69, 9.17) is 26.8 Å². The fraction of sp³-hybridized carbons (Fsp3) is 0.600. The second-order valence-electron chi connectivity index (χ2n) is 4.99. The van der Waals surface area contributed by atoms with Gasteiger partial charge in [-0.3, -0.25) is 0 Å². The first kappa shape index (κ1) is 17.2. The van der Waals surface area contributed by atoms with Crippen molar-refractivity contribution in [1.29, 1.82) is 0 Å². The molecule has 114 valence electrons. The number of nitrogens with zero attached hydrogens (tertiary/aromatic N) is 1. The van der Waals surface area contributed by atoms with E-state index >= 15 is 0 Å². The molecule has 2 N–H and O–H groups in total. The Hall–Kier alpha value is -0.810. The molecule has 0 aliphatic heterocycles. The van der Waals surface area contributed by atoms with Crippen LogP contribution in [0.1, 0.15) is 25.5 Å². The van der Waals surface area contributed by atoms with Gasteiger partial charge >= 0.3 is 0 Å². The molecular weight excluding hydrogens is 276 g/mol. The summed E-state index contributed by atoms with van der Waals surface area (Å²) in [7, 11) is 3.41. The SMILES string of the molecule is COCCN(c1ccc(C(C)N)c(Cl)c1)C(C)COC. The second-order valence-corrected chi connectivity index (χ2v) is 5.39. The molecule has 0 aliphatic carbocycles. The van der Waals surface area contributed by atoms with Crippen molar-refractivity contribution in [2.75, 3.05) is 38.9 Å². The number of hydrogen-bond donors (Lipinski definition) is 1. The summed E-state index contributed by atoms with van der Waals surface area (Å²) in [6.45, 7) is 6.13. The Balaban J connectivity index is 2.97. The Morgan fingerprint density at radius 1 is 1.25 bits per heavy atom. The molecule has 0 fully saturated rings. The van der Waals surface area contributed by atoms with Crippen LogP contribution in [0.3, 0.4) is 0 Å². The number of benzene rings is 1. The first-order valence-electron chi connectivity index (χ1n) is 6.80. The lowest BCUT2D eigenvalue weighted by molar-refractivity contribution is 0.171. The highest BCUT2D eigenvalue weighted by atomic mass is 35.5. The van der Waals surface area contributed by atoms with E-state index in [2.05, 4.69) is 11.8 Å². The van der Waals surface area contributed by atoms with Crippen LogP contribution in [0.25, 0.3) is 0 Å². The molecule has 0 amide bonds. The standard InChI is InChI=1S/C15H25ClN2O2/c1-11(10-20-4)18(7-8-19-3)13-5-6-14(12(2)17)15(16)9-13/h5-6,9,11-12H,7-8,10,17H2,1-4H3. The molecule has 5 heteroatoms. The van der Waals surface area contributed by atoms with Crippen LogP contribution >= 0.6 is 11.6 Å². The quantitative estimate of drug-likeness (QED) is 0.802. The van der Waals surface area contributed by atoms with Gasteiger partial charge in [0, 0.05) is 43.6 Å². The smallest absolute Gasteiger partial charge is 0.0663 e. The van der Waals surface area contributed by atoms with Crippen LogP contribution < -0.4 is 10.6 Å². The third-order valence-electron chi connectivity index (χ3n) is 3.28. The highest BCUT2D eigenvalue weighted by Gasteiger charge is 2.16. The zero-order valence-corrected chi connectivity index (χ0v) is 13.5. The molecule has 4 nitrogen and oxygen atoms in total. The van der Waals surface area contributed by atoms with E-state index in [1.54, 1.807) is 14.2 Å². The largest absolute Gasteiger partial charge is 0.383 e. The second kappa shape index (κ2) is 8.47. The lowest BCUT2D eigenvalue weighted by Crippen LogP contribution is -2.38. The monoisotopic (exact) mass is 300 g/mol. The first-order valence-corrected chi connectivity index (χ1v) is 7.18. The molecule has 0 saturated heterocycles. The molecule has 0 aliphatic rings. The number of rotatable bonds is 8. The fourth-order valence-corrected chi connectivity index (χ4v) is 2.54. The predicted octanol–water partition coefficient (Wildman–Crippen LogP) is 2.85. The topological polar surface area (TPSA) is 47.7 Å².